The first-order valence-electron chi connectivity index (χ1n) is 7.19. The molecule has 1 aliphatic rings. The standard InChI is InChI=1S/C16H24FNO/c1-10(2)13-6-4-11(3)8-16(13)19-15-7-5-12(17)9-14(15)18/h5,7,9-11,13,16H,4,6,8,18H2,1-3H3/t11-,13+,16-/m0/s1. The lowest BCUT2D eigenvalue weighted by Crippen LogP contribution is -2.36. The number of hydrogen-bond acceptors (Lipinski definition) is 2. The molecule has 0 unspecified atom stereocenters. The maximum atomic E-state index is 13.1. The van der Waals surface area contributed by atoms with Crippen LogP contribution >= 0.6 is 0 Å². The zero-order valence-electron chi connectivity index (χ0n) is 12.0. The van der Waals surface area contributed by atoms with Crippen molar-refractivity contribution in [3.63, 3.8) is 0 Å². The molecule has 0 heterocycles. The summed E-state index contributed by atoms with van der Waals surface area (Å²) in [5.41, 5.74) is 6.22. The summed E-state index contributed by atoms with van der Waals surface area (Å²) in [7, 11) is 0. The Bertz CT molecular complexity index is 433. The number of anilines is 1. The molecule has 106 valence electrons. The molecule has 1 aliphatic carbocycles. The summed E-state index contributed by atoms with van der Waals surface area (Å²) in [6.45, 7) is 6.75. The Morgan fingerprint density at radius 1 is 1.32 bits per heavy atom. The highest BCUT2D eigenvalue weighted by atomic mass is 19.1. The van der Waals surface area contributed by atoms with E-state index in [1.807, 2.05) is 0 Å². The van der Waals surface area contributed by atoms with Gasteiger partial charge in [0.05, 0.1) is 5.69 Å². The van der Waals surface area contributed by atoms with E-state index >= 15 is 0 Å². The van der Waals surface area contributed by atoms with Gasteiger partial charge in [0.1, 0.15) is 17.7 Å². The van der Waals surface area contributed by atoms with E-state index in [1.165, 1.54) is 25.0 Å². The Labute approximate surface area is 115 Å². The molecule has 1 aromatic carbocycles. The Morgan fingerprint density at radius 3 is 2.68 bits per heavy atom. The quantitative estimate of drug-likeness (QED) is 0.829. The third-order valence-corrected chi connectivity index (χ3v) is 4.21. The molecule has 2 nitrogen and oxygen atoms in total. The second-order valence-corrected chi connectivity index (χ2v) is 6.16. The van der Waals surface area contributed by atoms with Crippen molar-refractivity contribution >= 4 is 5.69 Å². The third-order valence-electron chi connectivity index (χ3n) is 4.21. The van der Waals surface area contributed by atoms with Gasteiger partial charge in [-0.2, -0.15) is 0 Å². The largest absolute Gasteiger partial charge is 0.488 e. The summed E-state index contributed by atoms with van der Waals surface area (Å²) in [5, 5.41) is 0. The van der Waals surface area contributed by atoms with Crippen LogP contribution in [0.15, 0.2) is 18.2 Å². The van der Waals surface area contributed by atoms with Gasteiger partial charge in [0.15, 0.2) is 0 Å². The number of hydrogen-bond donors (Lipinski definition) is 1. The Balaban J connectivity index is 2.14. The molecule has 2 N–H and O–H groups in total. The van der Waals surface area contributed by atoms with Crippen molar-refractivity contribution in [3.8, 4) is 5.75 Å². The predicted molar refractivity (Wildman–Crippen MR) is 76.6 cm³/mol. The van der Waals surface area contributed by atoms with Crippen molar-refractivity contribution in [3.05, 3.63) is 24.0 Å². The van der Waals surface area contributed by atoms with E-state index in [2.05, 4.69) is 20.8 Å². The lowest BCUT2D eigenvalue weighted by atomic mass is 9.75. The minimum atomic E-state index is -0.317. The van der Waals surface area contributed by atoms with E-state index < -0.39 is 0 Å². The van der Waals surface area contributed by atoms with Gasteiger partial charge in [-0.25, -0.2) is 4.39 Å². The average molecular weight is 265 g/mol. The smallest absolute Gasteiger partial charge is 0.142 e. The number of rotatable bonds is 3. The highest BCUT2D eigenvalue weighted by Crippen LogP contribution is 2.37. The highest BCUT2D eigenvalue weighted by molar-refractivity contribution is 5.52. The molecule has 1 saturated carbocycles. The van der Waals surface area contributed by atoms with Crippen LogP contribution in [0, 0.1) is 23.6 Å². The van der Waals surface area contributed by atoms with Gasteiger partial charge in [-0.15, -0.1) is 0 Å². The van der Waals surface area contributed by atoms with Crippen LogP contribution in [0.4, 0.5) is 10.1 Å². The molecular weight excluding hydrogens is 241 g/mol. The molecule has 0 aromatic heterocycles. The van der Waals surface area contributed by atoms with E-state index in [0.717, 1.165) is 6.42 Å². The van der Waals surface area contributed by atoms with Crippen LogP contribution in [0.1, 0.15) is 40.0 Å². The molecule has 0 spiro atoms. The van der Waals surface area contributed by atoms with Crippen molar-refractivity contribution in [2.24, 2.45) is 17.8 Å². The lowest BCUT2D eigenvalue weighted by Gasteiger charge is -2.37. The fourth-order valence-electron chi connectivity index (χ4n) is 3.04. The number of benzene rings is 1. The molecule has 0 saturated heterocycles. The highest BCUT2D eigenvalue weighted by Gasteiger charge is 2.32. The maximum absolute atomic E-state index is 13.1. The van der Waals surface area contributed by atoms with Crippen molar-refractivity contribution in [1.82, 2.24) is 0 Å². The van der Waals surface area contributed by atoms with Crippen LogP contribution < -0.4 is 10.5 Å². The molecule has 1 fully saturated rings. The molecule has 3 heteroatoms. The molecular formula is C16H24FNO. The van der Waals surface area contributed by atoms with Crippen LogP contribution in [-0.4, -0.2) is 6.10 Å². The van der Waals surface area contributed by atoms with Crippen LogP contribution in [0.3, 0.4) is 0 Å². The monoisotopic (exact) mass is 265 g/mol. The first kappa shape index (κ1) is 14.2. The van der Waals surface area contributed by atoms with E-state index in [0.29, 0.717) is 29.2 Å². The SMILES string of the molecule is CC(C)[C@H]1CC[C@H](C)C[C@@H]1Oc1ccc(F)cc1N. The fraction of sp³-hybridized carbons (Fsp3) is 0.625. The first-order valence-corrected chi connectivity index (χ1v) is 7.19. The molecule has 1 aromatic rings. The van der Waals surface area contributed by atoms with E-state index in [1.54, 1.807) is 6.07 Å². The van der Waals surface area contributed by atoms with Crippen LogP contribution in [0.25, 0.3) is 0 Å². The van der Waals surface area contributed by atoms with Gasteiger partial charge in [-0.1, -0.05) is 27.2 Å². The predicted octanol–water partition coefficient (Wildman–Crippen LogP) is 4.25. The summed E-state index contributed by atoms with van der Waals surface area (Å²) < 4.78 is 19.2. The Hall–Kier alpha value is -1.25. The van der Waals surface area contributed by atoms with Crippen molar-refractivity contribution in [2.75, 3.05) is 5.73 Å². The molecule has 19 heavy (non-hydrogen) atoms. The van der Waals surface area contributed by atoms with Crippen LogP contribution in [0.5, 0.6) is 5.75 Å². The van der Waals surface area contributed by atoms with Gasteiger partial charge >= 0.3 is 0 Å². The van der Waals surface area contributed by atoms with Crippen molar-refractivity contribution < 1.29 is 9.13 Å². The normalized spacial score (nSPS) is 27.5. The van der Waals surface area contributed by atoms with E-state index in [9.17, 15) is 4.39 Å². The second kappa shape index (κ2) is 5.81. The Morgan fingerprint density at radius 2 is 2.05 bits per heavy atom. The van der Waals surface area contributed by atoms with Crippen LogP contribution in [0.2, 0.25) is 0 Å². The summed E-state index contributed by atoms with van der Waals surface area (Å²) in [4.78, 5) is 0. The molecule has 3 atom stereocenters. The molecule has 2 rings (SSSR count). The van der Waals surface area contributed by atoms with Gasteiger partial charge in [0.2, 0.25) is 0 Å². The molecule has 0 bridgehead atoms. The lowest BCUT2D eigenvalue weighted by molar-refractivity contribution is 0.0465. The minimum Gasteiger partial charge on any atom is -0.488 e. The zero-order valence-corrected chi connectivity index (χ0v) is 12.0. The maximum Gasteiger partial charge on any atom is 0.142 e. The summed E-state index contributed by atoms with van der Waals surface area (Å²) in [5.74, 6) is 2.13. The average Bonchev–Trinajstić information content (AvgIpc) is 2.32. The molecule has 0 aliphatic heterocycles. The fourth-order valence-corrected chi connectivity index (χ4v) is 3.04. The molecule has 0 radical (unpaired) electrons. The summed E-state index contributed by atoms with van der Waals surface area (Å²) >= 11 is 0. The Kier molecular flexibility index (Phi) is 4.33. The summed E-state index contributed by atoms with van der Waals surface area (Å²) in [6.07, 6.45) is 3.71. The topological polar surface area (TPSA) is 35.2 Å². The minimum absolute atomic E-state index is 0.191. The van der Waals surface area contributed by atoms with Gasteiger partial charge in [-0.05, 0) is 42.7 Å². The second-order valence-electron chi connectivity index (χ2n) is 6.16. The number of ether oxygens (including phenoxy) is 1. The van der Waals surface area contributed by atoms with Gasteiger partial charge < -0.3 is 10.5 Å². The van der Waals surface area contributed by atoms with Gasteiger partial charge in [0, 0.05) is 6.07 Å². The van der Waals surface area contributed by atoms with Crippen molar-refractivity contribution in [2.45, 2.75) is 46.1 Å². The number of nitrogens with two attached hydrogens (primary N) is 1. The van der Waals surface area contributed by atoms with Gasteiger partial charge in [-0.3, -0.25) is 0 Å². The van der Waals surface area contributed by atoms with Crippen molar-refractivity contribution in [1.29, 1.82) is 0 Å². The number of halogens is 1. The third kappa shape index (κ3) is 3.40. The summed E-state index contributed by atoms with van der Waals surface area (Å²) in [6, 6.07) is 4.37. The van der Waals surface area contributed by atoms with Gasteiger partial charge in [0.25, 0.3) is 0 Å². The van der Waals surface area contributed by atoms with E-state index in [-0.39, 0.29) is 11.9 Å². The zero-order chi connectivity index (χ0) is 14.0. The first-order chi connectivity index (χ1) is 8.97. The number of nitrogen functional groups attached to an aromatic ring is 1. The molecule has 0 amide bonds. The van der Waals surface area contributed by atoms with Crippen LogP contribution in [-0.2, 0) is 0 Å². The van der Waals surface area contributed by atoms with E-state index in [4.69, 9.17) is 10.5 Å².